The normalized spacial score (nSPS) is 18.9. The second kappa shape index (κ2) is 4.56. The summed E-state index contributed by atoms with van der Waals surface area (Å²) in [6.07, 6.45) is 5.98. The third-order valence-electron chi connectivity index (χ3n) is 3.92. The van der Waals surface area contributed by atoms with Crippen LogP contribution in [-0.2, 0) is 6.42 Å². The highest BCUT2D eigenvalue weighted by molar-refractivity contribution is 5.75. The van der Waals surface area contributed by atoms with E-state index >= 15 is 0 Å². The van der Waals surface area contributed by atoms with Gasteiger partial charge in [0.15, 0.2) is 5.82 Å². The first-order chi connectivity index (χ1) is 9.06. The molecule has 0 unspecified atom stereocenters. The molecule has 0 amide bonds. The van der Waals surface area contributed by atoms with Crippen molar-refractivity contribution in [1.82, 2.24) is 9.97 Å². The van der Waals surface area contributed by atoms with E-state index in [4.69, 9.17) is 5.73 Å². The van der Waals surface area contributed by atoms with Crippen LogP contribution < -0.4 is 5.73 Å². The summed E-state index contributed by atoms with van der Waals surface area (Å²) in [5.41, 5.74) is 6.68. The van der Waals surface area contributed by atoms with Crippen LogP contribution in [0.1, 0.15) is 37.9 Å². The largest absolute Gasteiger partial charge is 0.342 e. The van der Waals surface area contributed by atoms with Gasteiger partial charge >= 0.3 is 0 Å². The molecule has 5 heteroatoms. The molecular formula is C14H17F2N3. The summed E-state index contributed by atoms with van der Waals surface area (Å²) in [5, 5.41) is 0. The summed E-state index contributed by atoms with van der Waals surface area (Å²) in [7, 11) is 0. The summed E-state index contributed by atoms with van der Waals surface area (Å²) in [4.78, 5) is 7.19. The standard InChI is InChI=1S/C14H17F2N3/c15-9-6-10(16)13-11(7-9)18-12(19-13)8-14(17)4-2-1-3-5-14/h6-7H,1-5,8,17H2,(H,18,19). The van der Waals surface area contributed by atoms with Crippen molar-refractivity contribution in [3.05, 3.63) is 29.6 Å². The van der Waals surface area contributed by atoms with E-state index in [1.165, 1.54) is 12.5 Å². The molecule has 102 valence electrons. The topological polar surface area (TPSA) is 54.7 Å². The maximum Gasteiger partial charge on any atom is 0.153 e. The lowest BCUT2D eigenvalue weighted by atomic mass is 9.80. The SMILES string of the molecule is NC1(Cc2nc3c(F)cc(F)cc3[nH]2)CCCCC1. The van der Waals surface area contributed by atoms with Crippen LogP contribution in [0, 0.1) is 11.6 Å². The Labute approximate surface area is 110 Å². The fourth-order valence-corrected chi connectivity index (χ4v) is 2.94. The van der Waals surface area contributed by atoms with Crippen molar-refractivity contribution >= 4 is 11.0 Å². The number of aromatic amines is 1. The zero-order chi connectivity index (χ0) is 13.5. The van der Waals surface area contributed by atoms with Crippen LogP contribution in [0.4, 0.5) is 8.78 Å². The van der Waals surface area contributed by atoms with Gasteiger partial charge in [0, 0.05) is 18.0 Å². The molecule has 0 saturated heterocycles. The number of nitrogens with one attached hydrogen (secondary N) is 1. The molecule has 0 aliphatic heterocycles. The minimum atomic E-state index is -0.632. The Morgan fingerprint density at radius 2 is 1.95 bits per heavy atom. The Morgan fingerprint density at radius 3 is 2.68 bits per heavy atom. The molecule has 1 heterocycles. The molecule has 0 spiro atoms. The smallest absolute Gasteiger partial charge is 0.153 e. The molecule has 1 fully saturated rings. The average molecular weight is 265 g/mol. The Kier molecular flexibility index (Phi) is 3.01. The van der Waals surface area contributed by atoms with Gasteiger partial charge < -0.3 is 10.7 Å². The first-order valence-electron chi connectivity index (χ1n) is 6.68. The monoisotopic (exact) mass is 265 g/mol. The average Bonchev–Trinajstić information content (AvgIpc) is 2.71. The highest BCUT2D eigenvalue weighted by Gasteiger charge is 2.29. The predicted molar refractivity (Wildman–Crippen MR) is 69.7 cm³/mol. The van der Waals surface area contributed by atoms with Gasteiger partial charge in [-0.05, 0) is 18.9 Å². The van der Waals surface area contributed by atoms with Gasteiger partial charge in [-0.25, -0.2) is 13.8 Å². The highest BCUT2D eigenvalue weighted by atomic mass is 19.1. The lowest BCUT2D eigenvalue weighted by Crippen LogP contribution is -2.44. The van der Waals surface area contributed by atoms with Gasteiger partial charge in [0.1, 0.15) is 17.2 Å². The Balaban J connectivity index is 1.91. The molecule has 1 saturated carbocycles. The number of halogens is 2. The maximum atomic E-state index is 13.6. The van der Waals surface area contributed by atoms with Crippen molar-refractivity contribution < 1.29 is 8.78 Å². The number of benzene rings is 1. The molecule has 19 heavy (non-hydrogen) atoms. The molecule has 1 aliphatic rings. The van der Waals surface area contributed by atoms with Gasteiger partial charge in [-0.1, -0.05) is 19.3 Å². The number of H-pyrrole nitrogens is 1. The van der Waals surface area contributed by atoms with Crippen molar-refractivity contribution in [2.75, 3.05) is 0 Å². The quantitative estimate of drug-likeness (QED) is 0.876. The highest BCUT2D eigenvalue weighted by Crippen LogP contribution is 2.29. The van der Waals surface area contributed by atoms with Crippen molar-refractivity contribution in [2.24, 2.45) is 5.73 Å². The molecule has 3 N–H and O–H groups in total. The van der Waals surface area contributed by atoms with Gasteiger partial charge in [-0.15, -0.1) is 0 Å². The molecule has 0 bridgehead atoms. The van der Waals surface area contributed by atoms with Crippen molar-refractivity contribution in [3.8, 4) is 0 Å². The molecule has 3 rings (SSSR count). The molecule has 0 radical (unpaired) electrons. The lowest BCUT2D eigenvalue weighted by molar-refractivity contribution is 0.290. The van der Waals surface area contributed by atoms with Gasteiger partial charge in [-0.2, -0.15) is 0 Å². The summed E-state index contributed by atoms with van der Waals surface area (Å²) in [5.74, 6) is -0.587. The Hall–Kier alpha value is -1.49. The van der Waals surface area contributed by atoms with Crippen molar-refractivity contribution in [3.63, 3.8) is 0 Å². The van der Waals surface area contributed by atoms with E-state index in [1.807, 2.05) is 0 Å². The zero-order valence-corrected chi connectivity index (χ0v) is 10.7. The van der Waals surface area contributed by atoms with Crippen LogP contribution in [0.5, 0.6) is 0 Å². The second-order valence-corrected chi connectivity index (χ2v) is 5.57. The van der Waals surface area contributed by atoms with Gasteiger partial charge in [-0.3, -0.25) is 0 Å². The fraction of sp³-hybridized carbons (Fsp3) is 0.500. The number of aromatic nitrogens is 2. The number of fused-ring (bicyclic) bond motifs is 1. The Bertz CT molecular complexity index is 600. The molecule has 3 nitrogen and oxygen atoms in total. The Morgan fingerprint density at radius 1 is 1.21 bits per heavy atom. The number of hydrogen-bond acceptors (Lipinski definition) is 2. The molecule has 1 aliphatic carbocycles. The van der Waals surface area contributed by atoms with Crippen molar-refractivity contribution in [1.29, 1.82) is 0 Å². The summed E-state index contributed by atoms with van der Waals surface area (Å²) in [6, 6.07) is 2.12. The summed E-state index contributed by atoms with van der Waals surface area (Å²) in [6.45, 7) is 0. The summed E-state index contributed by atoms with van der Waals surface area (Å²) >= 11 is 0. The van der Waals surface area contributed by atoms with E-state index in [1.54, 1.807) is 0 Å². The van der Waals surface area contributed by atoms with Gasteiger partial charge in [0.05, 0.1) is 5.52 Å². The number of nitrogens with zero attached hydrogens (tertiary/aromatic N) is 1. The second-order valence-electron chi connectivity index (χ2n) is 5.57. The van der Waals surface area contributed by atoms with E-state index in [0.717, 1.165) is 31.7 Å². The minimum absolute atomic E-state index is 0.191. The number of hydrogen-bond donors (Lipinski definition) is 2. The summed E-state index contributed by atoms with van der Waals surface area (Å²) < 4.78 is 26.7. The number of imidazole rings is 1. The van der Waals surface area contributed by atoms with Crippen LogP contribution in [0.3, 0.4) is 0 Å². The third-order valence-corrected chi connectivity index (χ3v) is 3.92. The van der Waals surface area contributed by atoms with Gasteiger partial charge in [0.2, 0.25) is 0 Å². The minimum Gasteiger partial charge on any atom is -0.342 e. The van der Waals surface area contributed by atoms with E-state index < -0.39 is 11.6 Å². The molecular weight excluding hydrogens is 248 g/mol. The first-order valence-corrected chi connectivity index (χ1v) is 6.68. The van der Waals surface area contributed by atoms with E-state index in [2.05, 4.69) is 9.97 Å². The van der Waals surface area contributed by atoms with E-state index in [-0.39, 0.29) is 11.1 Å². The van der Waals surface area contributed by atoms with Crippen LogP contribution >= 0.6 is 0 Å². The molecule has 1 aromatic heterocycles. The van der Waals surface area contributed by atoms with Crippen LogP contribution in [0.2, 0.25) is 0 Å². The van der Waals surface area contributed by atoms with Crippen molar-refractivity contribution in [2.45, 2.75) is 44.1 Å². The zero-order valence-electron chi connectivity index (χ0n) is 10.7. The molecule has 1 aromatic carbocycles. The van der Waals surface area contributed by atoms with E-state index in [0.29, 0.717) is 17.8 Å². The van der Waals surface area contributed by atoms with Gasteiger partial charge in [0.25, 0.3) is 0 Å². The van der Waals surface area contributed by atoms with Crippen LogP contribution in [0.25, 0.3) is 11.0 Å². The predicted octanol–water partition coefficient (Wildman–Crippen LogP) is 3.05. The lowest BCUT2D eigenvalue weighted by Gasteiger charge is -2.32. The number of rotatable bonds is 2. The van der Waals surface area contributed by atoms with E-state index in [9.17, 15) is 8.78 Å². The van der Waals surface area contributed by atoms with Crippen LogP contribution in [0.15, 0.2) is 12.1 Å². The third kappa shape index (κ3) is 2.47. The molecule has 0 atom stereocenters. The number of nitrogens with two attached hydrogens (primary N) is 1. The fourth-order valence-electron chi connectivity index (χ4n) is 2.94. The first kappa shape index (κ1) is 12.5. The van der Waals surface area contributed by atoms with Crippen LogP contribution in [-0.4, -0.2) is 15.5 Å². The molecule has 2 aromatic rings. The maximum absolute atomic E-state index is 13.6.